The average Bonchev–Trinajstić information content (AvgIpc) is 2.64. The lowest BCUT2D eigenvalue weighted by molar-refractivity contribution is 0.101. The van der Waals surface area contributed by atoms with Crippen molar-refractivity contribution >= 4 is 32.6 Å². The van der Waals surface area contributed by atoms with Gasteiger partial charge in [0.2, 0.25) is 0 Å². The van der Waals surface area contributed by atoms with Gasteiger partial charge in [0.25, 0.3) is 0 Å². The van der Waals surface area contributed by atoms with E-state index in [1.807, 2.05) is 32.2 Å². The Morgan fingerprint density at radius 1 is 1.42 bits per heavy atom. The van der Waals surface area contributed by atoms with E-state index in [0.717, 1.165) is 46.1 Å². The zero-order valence-corrected chi connectivity index (χ0v) is 13.2. The van der Waals surface area contributed by atoms with Crippen LogP contribution in [0.1, 0.15) is 29.4 Å². The Bertz CT molecular complexity index is 616. The topological polar surface area (TPSA) is 34.0 Å². The van der Waals surface area contributed by atoms with Gasteiger partial charge in [-0.2, -0.15) is 0 Å². The molecule has 0 bridgehead atoms. The smallest absolute Gasteiger partial charge is 0.162 e. The number of ketones is 1. The number of Topliss-reactive ketones (excluding diaryl/α,β-unsaturated/α-hetero) is 1. The lowest BCUT2D eigenvalue weighted by atomic mass is 10.1. The molecule has 1 N–H and O–H groups in total. The number of carbonyl (C=O) groups excluding carboxylic acids is 1. The summed E-state index contributed by atoms with van der Waals surface area (Å²) >= 11 is 3.61. The molecular weight excluding hydrogens is 304 g/mol. The summed E-state index contributed by atoms with van der Waals surface area (Å²) in [6.07, 6.45) is 1.04. The third kappa shape index (κ3) is 2.60. The number of fused-ring (bicyclic) bond motifs is 1. The molecule has 4 heteroatoms. The van der Waals surface area contributed by atoms with Crippen LogP contribution in [-0.2, 0) is 6.54 Å². The molecule has 0 fully saturated rings. The molecule has 0 aliphatic rings. The average molecular weight is 323 g/mol. The molecule has 0 atom stereocenters. The van der Waals surface area contributed by atoms with E-state index in [0.29, 0.717) is 0 Å². The molecule has 0 aliphatic carbocycles. The maximum atomic E-state index is 11.9. The summed E-state index contributed by atoms with van der Waals surface area (Å²) in [6.45, 7) is 5.56. The molecule has 1 aromatic heterocycles. The van der Waals surface area contributed by atoms with Crippen LogP contribution in [0.3, 0.4) is 0 Å². The summed E-state index contributed by atoms with van der Waals surface area (Å²) in [7, 11) is 1.96. The lowest BCUT2D eigenvalue weighted by Crippen LogP contribution is -2.12. The molecule has 0 amide bonds. The van der Waals surface area contributed by atoms with Gasteiger partial charge >= 0.3 is 0 Å². The number of rotatable bonds is 5. The van der Waals surface area contributed by atoms with Crippen molar-refractivity contribution in [3.8, 4) is 0 Å². The Balaban J connectivity index is 2.61. The first-order valence-corrected chi connectivity index (χ1v) is 7.30. The molecule has 1 aromatic carbocycles. The number of nitrogens with zero attached hydrogens (tertiary/aromatic N) is 1. The summed E-state index contributed by atoms with van der Waals surface area (Å²) < 4.78 is 3.29. The highest BCUT2D eigenvalue weighted by atomic mass is 79.9. The highest BCUT2D eigenvalue weighted by Crippen LogP contribution is 2.31. The molecule has 19 heavy (non-hydrogen) atoms. The first-order valence-electron chi connectivity index (χ1n) is 6.50. The van der Waals surface area contributed by atoms with E-state index in [2.05, 4.69) is 25.8 Å². The number of hydrogen-bond acceptors (Lipinski definition) is 2. The van der Waals surface area contributed by atoms with Crippen LogP contribution < -0.4 is 5.32 Å². The Labute approximate surface area is 122 Å². The third-order valence-corrected chi connectivity index (χ3v) is 4.09. The second kappa shape index (κ2) is 5.88. The molecule has 102 valence electrons. The van der Waals surface area contributed by atoms with Gasteiger partial charge in [-0.15, -0.1) is 0 Å². The Hall–Kier alpha value is -1.13. The Kier molecular flexibility index (Phi) is 4.42. The van der Waals surface area contributed by atoms with Gasteiger partial charge in [0.15, 0.2) is 5.78 Å². The van der Waals surface area contributed by atoms with Crippen molar-refractivity contribution in [1.29, 1.82) is 0 Å². The zero-order chi connectivity index (χ0) is 14.0. The van der Waals surface area contributed by atoms with Crippen molar-refractivity contribution in [1.82, 2.24) is 9.88 Å². The number of halogens is 1. The van der Waals surface area contributed by atoms with Crippen molar-refractivity contribution in [2.24, 2.45) is 0 Å². The van der Waals surface area contributed by atoms with E-state index in [-0.39, 0.29) is 5.78 Å². The van der Waals surface area contributed by atoms with Gasteiger partial charge in [-0.3, -0.25) is 4.79 Å². The number of hydrogen-bond donors (Lipinski definition) is 1. The monoisotopic (exact) mass is 322 g/mol. The standard InChI is InChI=1S/C15H19BrN2O/c1-10-14(11(2)19)12-6-4-7-13(16)15(12)18(10)9-5-8-17-3/h4,6-7,17H,5,8-9H2,1-3H3. The molecule has 0 saturated heterocycles. The van der Waals surface area contributed by atoms with Gasteiger partial charge < -0.3 is 9.88 Å². The van der Waals surface area contributed by atoms with Crippen LogP contribution in [0.5, 0.6) is 0 Å². The van der Waals surface area contributed by atoms with Crippen molar-refractivity contribution < 1.29 is 4.79 Å². The van der Waals surface area contributed by atoms with Crippen LogP contribution in [0.25, 0.3) is 10.9 Å². The first kappa shape index (κ1) is 14.3. The van der Waals surface area contributed by atoms with Crippen LogP contribution >= 0.6 is 15.9 Å². The summed E-state index contributed by atoms with van der Waals surface area (Å²) in [5.74, 6) is 0.132. The number of carbonyl (C=O) groups is 1. The van der Waals surface area contributed by atoms with Crippen LogP contribution in [0.15, 0.2) is 22.7 Å². The fraction of sp³-hybridized carbons (Fsp3) is 0.400. The number of para-hydroxylation sites is 1. The number of aromatic nitrogens is 1. The summed E-state index contributed by atoms with van der Waals surface area (Å²) in [6, 6.07) is 6.04. The molecular formula is C15H19BrN2O. The maximum Gasteiger partial charge on any atom is 0.162 e. The molecule has 3 nitrogen and oxygen atoms in total. The highest BCUT2D eigenvalue weighted by Gasteiger charge is 2.18. The molecule has 0 spiro atoms. The molecule has 2 aromatic rings. The predicted octanol–water partition coefficient (Wildman–Crippen LogP) is 3.52. The fourth-order valence-corrected chi connectivity index (χ4v) is 3.21. The van der Waals surface area contributed by atoms with E-state index in [9.17, 15) is 4.79 Å². The fourth-order valence-electron chi connectivity index (χ4n) is 2.63. The molecule has 0 saturated carbocycles. The van der Waals surface area contributed by atoms with Gasteiger partial charge in [0, 0.05) is 27.7 Å². The van der Waals surface area contributed by atoms with Gasteiger partial charge in [0.05, 0.1) is 5.52 Å². The van der Waals surface area contributed by atoms with Crippen molar-refractivity contribution in [2.75, 3.05) is 13.6 Å². The second-order valence-electron chi connectivity index (χ2n) is 4.76. The normalized spacial score (nSPS) is 11.2. The minimum Gasteiger partial charge on any atom is -0.343 e. The largest absolute Gasteiger partial charge is 0.343 e. The molecule has 2 rings (SSSR count). The second-order valence-corrected chi connectivity index (χ2v) is 5.62. The molecule has 0 aliphatic heterocycles. The molecule has 0 unspecified atom stereocenters. The SMILES string of the molecule is CNCCCn1c(C)c(C(C)=O)c2cccc(Br)c21. The van der Waals surface area contributed by atoms with Gasteiger partial charge in [-0.1, -0.05) is 12.1 Å². The summed E-state index contributed by atoms with van der Waals surface area (Å²) in [5, 5.41) is 4.20. The number of benzene rings is 1. The van der Waals surface area contributed by atoms with Crippen LogP contribution in [0.2, 0.25) is 0 Å². The van der Waals surface area contributed by atoms with E-state index in [1.54, 1.807) is 6.92 Å². The Morgan fingerprint density at radius 2 is 2.16 bits per heavy atom. The Morgan fingerprint density at radius 3 is 2.79 bits per heavy atom. The number of nitrogens with one attached hydrogen (secondary N) is 1. The predicted molar refractivity (Wildman–Crippen MR) is 82.9 cm³/mol. The minimum atomic E-state index is 0.132. The van der Waals surface area contributed by atoms with E-state index in [1.165, 1.54) is 0 Å². The summed E-state index contributed by atoms with van der Waals surface area (Å²) in [5.41, 5.74) is 3.03. The number of aryl methyl sites for hydroxylation is 1. The van der Waals surface area contributed by atoms with Crippen LogP contribution in [0.4, 0.5) is 0 Å². The van der Waals surface area contributed by atoms with E-state index < -0.39 is 0 Å². The van der Waals surface area contributed by atoms with Crippen molar-refractivity contribution in [2.45, 2.75) is 26.8 Å². The highest BCUT2D eigenvalue weighted by molar-refractivity contribution is 9.10. The molecule has 1 heterocycles. The van der Waals surface area contributed by atoms with E-state index in [4.69, 9.17) is 0 Å². The van der Waals surface area contributed by atoms with Crippen LogP contribution in [-0.4, -0.2) is 23.9 Å². The third-order valence-electron chi connectivity index (χ3n) is 3.45. The first-order chi connectivity index (χ1) is 9.07. The van der Waals surface area contributed by atoms with Gasteiger partial charge in [-0.25, -0.2) is 0 Å². The molecule has 0 radical (unpaired) electrons. The van der Waals surface area contributed by atoms with Gasteiger partial charge in [-0.05, 0) is 55.9 Å². The minimum absolute atomic E-state index is 0.132. The summed E-state index contributed by atoms with van der Waals surface area (Å²) in [4.78, 5) is 11.9. The zero-order valence-electron chi connectivity index (χ0n) is 11.6. The van der Waals surface area contributed by atoms with Gasteiger partial charge in [0.1, 0.15) is 0 Å². The van der Waals surface area contributed by atoms with Crippen molar-refractivity contribution in [3.05, 3.63) is 33.9 Å². The lowest BCUT2D eigenvalue weighted by Gasteiger charge is -2.09. The van der Waals surface area contributed by atoms with Crippen molar-refractivity contribution in [3.63, 3.8) is 0 Å². The maximum absolute atomic E-state index is 11.9. The van der Waals surface area contributed by atoms with Crippen LogP contribution in [0, 0.1) is 6.92 Å². The van der Waals surface area contributed by atoms with E-state index >= 15 is 0 Å². The quantitative estimate of drug-likeness (QED) is 0.675.